The van der Waals surface area contributed by atoms with Crippen LogP contribution in [-0.2, 0) is 5.75 Å². The maximum absolute atomic E-state index is 13.6. The van der Waals surface area contributed by atoms with Gasteiger partial charge in [-0.1, -0.05) is 6.07 Å². The predicted molar refractivity (Wildman–Crippen MR) is 82.1 cm³/mol. The third kappa shape index (κ3) is 3.13. The van der Waals surface area contributed by atoms with Crippen LogP contribution in [0.15, 0.2) is 53.6 Å². The molecule has 0 radical (unpaired) electrons. The van der Waals surface area contributed by atoms with Crippen molar-refractivity contribution in [2.75, 3.05) is 5.73 Å². The van der Waals surface area contributed by atoms with Gasteiger partial charge in [-0.25, -0.2) is 8.78 Å². The van der Waals surface area contributed by atoms with Gasteiger partial charge in [0.15, 0.2) is 0 Å². The Morgan fingerprint density at radius 1 is 1.05 bits per heavy atom. The molecular weight excluding hydrogens is 290 g/mol. The van der Waals surface area contributed by atoms with E-state index in [4.69, 9.17) is 5.73 Å². The number of aromatic nitrogens is 1. The lowest BCUT2D eigenvalue weighted by Crippen LogP contribution is -1.91. The van der Waals surface area contributed by atoms with Gasteiger partial charge in [0.1, 0.15) is 11.6 Å². The standard InChI is InChI=1S/C16H12F2N2S/c17-12-4-10-2-1-3-20-16(10)11(5-12)9-21-15-7-13(18)6-14(19)8-15/h1-8H,9,19H2. The first-order valence-electron chi connectivity index (χ1n) is 6.34. The second-order valence-electron chi connectivity index (χ2n) is 4.65. The van der Waals surface area contributed by atoms with E-state index in [0.29, 0.717) is 16.3 Å². The molecule has 0 aliphatic rings. The van der Waals surface area contributed by atoms with E-state index in [1.54, 1.807) is 18.3 Å². The molecule has 2 aromatic carbocycles. The van der Waals surface area contributed by atoms with Gasteiger partial charge >= 0.3 is 0 Å². The van der Waals surface area contributed by atoms with Gasteiger partial charge in [0.25, 0.3) is 0 Å². The summed E-state index contributed by atoms with van der Waals surface area (Å²) in [5, 5.41) is 0.756. The van der Waals surface area contributed by atoms with Gasteiger partial charge in [-0.05, 0) is 42.0 Å². The van der Waals surface area contributed by atoms with Crippen LogP contribution < -0.4 is 5.73 Å². The maximum atomic E-state index is 13.6. The number of pyridine rings is 1. The highest BCUT2D eigenvalue weighted by molar-refractivity contribution is 7.98. The topological polar surface area (TPSA) is 38.9 Å². The van der Waals surface area contributed by atoms with Crippen molar-refractivity contribution in [2.45, 2.75) is 10.6 Å². The third-order valence-corrected chi connectivity index (χ3v) is 4.06. The van der Waals surface area contributed by atoms with Crippen LogP contribution in [0, 0.1) is 11.6 Å². The van der Waals surface area contributed by atoms with E-state index < -0.39 is 0 Å². The quantitative estimate of drug-likeness (QED) is 0.576. The van der Waals surface area contributed by atoms with Crippen molar-refractivity contribution in [3.63, 3.8) is 0 Å². The second-order valence-corrected chi connectivity index (χ2v) is 5.70. The zero-order chi connectivity index (χ0) is 14.8. The van der Waals surface area contributed by atoms with Crippen molar-refractivity contribution >= 4 is 28.4 Å². The zero-order valence-electron chi connectivity index (χ0n) is 11.0. The fourth-order valence-corrected chi connectivity index (χ4v) is 3.12. The molecule has 3 aromatic rings. The average Bonchev–Trinajstić information content (AvgIpc) is 2.43. The molecule has 0 spiro atoms. The van der Waals surface area contributed by atoms with Crippen LogP contribution in [0.25, 0.3) is 10.9 Å². The van der Waals surface area contributed by atoms with Gasteiger partial charge in [0, 0.05) is 27.9 Å². The van der Waals surface area contributed by atoms with E-state index in [1.165, 1.54) is 36.0 Å². The fraction of sp³-hybridized carbons (Fsp3) is 0.0625. The summed E-state index contributed by atoms with van der Waals surface area (Å²) in [4.78, 5) is 5.00. The minimum atomic E-state index is -0.375. The fourth-order valence-electron chi connectivity index (χ4n) is 2.17. The monoisotopic (exact) mass is 302 g/mol. The van der Waals surface area contributed by atoms with Crippen LogP contribution in [0.5, 0.6) is 0 Å². The van der Waals surface area contributed by atoms with E-state index in [-0.39, 0.29) is 11.6 Å². The summed E-state index contributed by atoms with van der Waals surface area (Å²) >= 11 is 1.40. The molecule has 0 atom stereocenters. The van der Waals surface area contributed by atoms with Gasteiger partial charge in [0.05, 0.1) is 5.52 Å². The minimum absolute atomic E-state index is 0.301. The highest BCUT2D eigenvalue weighted by Crippen LogP contribution is 2.28. The summed E-state index contributed by atoms with van der Waals surface area (Å²) in [5.41, 5.74) is 7.53. The van der Waals surface area contributed by atoms with Crippen molar-refractivity contribution < 1.29 is 8.78 Å². The Morgan fingerprint density at radius 3 is 2.67 bits per heavy atom. The van der Waals surface area contributed by atoms with Crippen LogP contribution in [-0.4, -0.2) is 4.98 Å². The number of nitrogen functional groups attached to an aromatic ring is 1. The number of rotatable bonds is 3. The third-order valence-electron chi connectivity index (χ3n) is 3.04. The van der Waals surface area contributed by atoms with Crippen molar-refractivity contribution in [3.8, 4) is 0 Å². The Kier molecular flexibility index (Phi) is 3.75. The van der Waals surface area contributed by atoms with Gasteiger partial charge < -0.3 is 5.73 Å². The molecule has 0 bridgehead atoms. The molecular formula is C16H12F2N2S. The van der Waals surface area contributed by atoms with E-state index in [0.717, 1.165) is 16.5 Å². The van der Waals surface area contributed by atoms with E-state index in [1.807, 2.05) is 6.07 Å². The van der Waals surface area contributed by atoms with E-state index in [9.17, 15) is 8.78 Å². The van der Waals surface area contributed by atoms with E-state index >= 15 is 0 Å². The number of nitrogens with zero attached hydrogens (tertiary/aromatic N) is 1. The summed E-state index contributed by atoms with van der Waals surface area (Å²) in [6.45, 7) is 0. The highest BCUT2D eigenvalue weighted by atomic mass is 32.2. The summed E-state index contributed by atoms with van der Waals surface area (Å²) in [5.74, 6) is -0.182. The number of thioether (sulfide) groups is 1. The smallest absolute Gasteiger partial charge is 0.126 e. The van der Waals surface area contributed by atoms with Crippen LogP contribution >= 0.6 is 11.8 Å². The number of benzene rings is 2. The summed E-state index contributed by atoms with van der Waals surface area (Å²) in [7, 11) is 0. The lowest BCUT2D eigenvalue weighted by molar-refractivity contribution is 0.625. The van der Waals surface area contributed by atoms with E-state index in [2.05, 4.69) is 4.98 Å². The zero-order valence-corrected chi connectivity index (χ0v) is 11.8. The van der Waals surface area contributed by atoms with Crippen LogP contribution in [0.1, 0.15) is 5.56 Å². The Bertz CT molecular complexity index is 785. The molecule has 0 aliphatic carbocycles. The lowest BCUT2D eigenvalue weighted by Gasteiger charge is -2.07. The van der Waals surface area contributed by atoms with Crippen LogP contribution in [0.2, 0.25) is 0 Å². The molecule has 2 N–H and O–H groups in total. The number of anilines is 1. The molecule has 2 nitrogen and oxygen atoms in total. The molecule has 1 aromatic heterocycles. The largest absolute Gasteiger partial charge is 0.399 e. The lowest BCUT2D eigenvalue weighted by atomic mass is 10.1. The number of halogens is 2. The molecule has 0 amide bonds. The van der Waals surface area contributed by atoms with Crippen molar-refractivity contribution in [1.82, 2.24) is 4.98 Å². The average molecular weight is 302 g/mol. The van der Waals surface area contributed by atoms with Crippen molar-refractivity contribution in [3.05, 3.63) is 65.9 Å². The molecule has 21 heavy (non-hydrogen) atoms. The predicted octanol–water partition coefficient (Wildman–Crippen LogP) is 4.39. The molecule has 0 saturated carbocycles. The SMILES string of the molecule is Nc1cc(F)cc(SCc2cc(F)cc3cccnc23)c1. The Hall–Kier alpha value is -2.14. The van der Waals surface area contributed by atoms with Crippen molar-refractivity contribution in [1.29, 1.82) is 0 Å². The molecule has 3 rings (SSSR count). The summed E-state index contributed by atoms with van der Waals surface area (Å²) in [6.07, 6.45) is 1.68. The first-order valence-corrected chi connectivity index (χ1v) is 7.32. The molecule has 0 aliphatic heterocycles. The molecule has 5 heteroatoms. The van der Waals surface area contributed by atoms with Crippen molar-refractivity contribution in [2.24, 2.45) is 0 Å². The van der Waals surface area contributed by atoms with Gasteiger partial charge in [0.2, 0.25) is 0 Å². The minimum Gasteiger partial charge on any atom is -0.399 e. The highest BCUT2D eigenvalue weighted by Gasteiger charge is 2.07. The second kappa shape index (κ2) is 5.69. The maximum Gasteiger partial charge on any atom is 0.126 e. The molecule has 0 fully saturated rings. The number of nitrogens with two attached hydrogens (primary N) is 1. The molecule has 1 heterocycles. The van der Waals surface area contributed by atoms with Crippen LogP contribution in [0.4, 0.5) is 14.5 Å². The first-order chi connectivity index (χ1) is 10.1. The normalized spacial score (nSPS) is 11.0. The van der Waals surface area contributed by atoms with Crippen LogP contribution in [0.3, 0.4) is 0 Å². The van der Waals surface area contributed by atoms with Gasteiger partial charge in [-0.2, -0.15) is 0 Å². The summed E-state index contributed by atoms with van der Waals surface area (Å²) in [6, 6.07) is 10.9. The molecule has 0 unspecified atom stereocenters. The number of fused-ring (bicyclic) bond motifs is 1. The molecule has 106 valence electrons. The van der Waals surface area contributed by atoms with Gasteiger partial charge in [-0.15, -0.1) is 11.8 Å². The Labute approximate surface area is 125 Å². The summed E-state index contributed by atoms with van der Waals surface area (Å²) < 4.78 is 26.9. The Morgan fingerprint density at radius 2 is 1.86 bits per heavy atom. The van der Waals surface area contributed by atoms with Gasteiger partial charge in [-0.3, -0.25) is 4.98 Å². The number of hydrogen-bond acceptors (Lipinski definition) is 3. The number of hydrogen-bond donors (Lipinski definition) is 1. The first kappa shape index (κ1) is 13.8. The molecule has 0 saturated heterocycles. The Balaban J connectivity index is 1.91.